The zero-order valence-corrected chi connectivity index (χ0v) is 13.9. The second-order valence-electron chi connectivity index (χ2n) is 6.60. The smallest absolute Gasteiger partial charge is 0.161 e. The van der Waals surface area contributed by atoms with E-state index in [4.69, 9.17) is 9.47 Å². The molecule has 126 valence electrons. The first-order valence-corrected chi connectivity index (χ1v) is 8.89. The number of hydrogen-bond donors (Lipinski definition) is 1. The molecule has 1 aromatic carbocycles. The van der Waals surface area contributed by atoms with Crippen molar-refractivity contribution in [3.63, 3.8) is 0 Å². The van der Waals surface area contributed by atoms with Crippen LogP contribution in [0.3, 0.4) is 0 Å². The average molecular weight is 317 g/mol. The van der Waals surface area contributed by atoms with E-state index in [-0.39, 0.29) is 5.92 Å². The molecular weight excluding hydrogens is 290 g/mol. The van der Waals surface area contributed by atoms with Gasteiger partial charge in [-0.05, 0) is 44.7 Å². The number of carbonyl (C=O) groups is 1. The summed E-state index contributed by atoms with van der Waals surface area (Å²) in [5.41, 5.74) is 0. The quantitative estimate of drug-likeness (QED) is 0.838. The van der Waals surface area contributed by atoms with Crippen molar-refractivity contribution in [2.24, 2.45) is 5.92 Å². The Labute approximate surface area is 138 Å². The Kier molecular flexibility index (Phi) is 5.55. The summed E-state index contributed by atoms with van der Waals surface area (Å²) in [6.07, 6.45) is 6.25. The van der Waals surface area contributed by atoms with Crippen LogP contribution in [-0.2, 0) is 4.79 Å². The summed E-state index contributed by atoms with van der Waals surface area (Å²) < 4.78 is 11.3. The SMILES string of the molecule is CCOc1ccccc1OCCC(=O)C1CC2CCCC(C1)N2. The van der Waals surface area contributed by atoms with E-state index >= 15 is 0 Å². The minimum Gasteiger partial charge on any atom is -0.490 e. The maximum Gasteiger partial charge on any atom is 0.161 e. The molecule has 0 saturated carbocycles. The first-order valence-electron chi connectivity index (χ1n) is 8.89. The Balaban J connectivity index is 1.48. The summed E-state index contributed by atoms with van der Waals surface area (Å²) in [6, 6.07) is 8.75. The number of carbonyl (C=O) groups excluding carboxylic acids is 1. The van der Waals surface area contributed by atoms with Gasteiger partial charge in [-0.1, -0.05) is 18.6 Å². The van der Waals surface area contributed by atoms with Crippen LogP contribution in [0, 0.1) is 5.92 Å². The molecule has 23 heavy (non-hydrogen) atoms. The summed E-state index contributed by atoms with van der Waals surface area (Å²) in [5, 5.41) is 3.64. The molecule has 0 aliphatic carbocycles. The number of piperidine rings is 2. The third-order valence-electron chi connectivity index (χ3n) is 4.93. The minimum absolute atomic E-state index is 0.220. The lowest BCUT2D eigenvalue weighted by Crippen LogP contribution is -2.50. The van der Waals surface area contributed by atoms with Gasteiger partial charge < -0.3 is 14.8 Å². The molecule has 2 aliphatic heterocycles. The van der Waals surface area contributed by atoms with E-state index in [1.54, 1.807) is 0 Å². The van der Waals surface area contributed by atoms with Crippen molar-refractivity contribution in [2.75, 3.05) is 13.2 Å². The van der Waals surface area contributed by atoms with E-state index in [0.717, 1.165) is 24.3 Å². The summed E-state index contributed by atoms with van der Waals surface area (Å²) in [7, 11) is 0. The molecule has 2 atom stereocenters. The molecule has 4 heteroatoms. The van der Waals surface area contributed by atoms with Gasteiger partial charge in [-0.2, -0.15) is 0 Å². The van der Waals surface area contributed by atoms with Crippen LogP contribution in [0.25, 0.3) is 0 Å². The highest BCUT2D eigenvalue weighted by Crippen LogP contribution is 2.31. The zero-order valence-electron chi connectivity index (χ0n) is 13.9. The van der Waals surface area contributed by atoms with Crippen molar-refractivity contribution < 1.29 is 14.3 Å². The fourth-order valence-electron chi connectivity index (χ4n) is 3.84. The van der Waals surface area contributed by atoms with E-state index < -0.39 is 0 Å². The second kappa shape index (κ2) is 7.82. The lowest BCUT2D eigenvalue weighted by molar-refractivity contribution is -0.125. The van der Waals surface area contributed by atoms with Gasteiger partial charge in [0.05, 0.1) is 13.2 Å². The van der Waals surface area contributed by atoms with Gasteiger partial charge in [0.1, 0.15) is 5.78 Å². The van der Waals surface area contributed by atoms with Crippen LogP contribution in [0.1, 0.15) is 45.4 Å². The normalized spacial score (nSPS) is 26.6. The highest BCUT2D eigenvalue weighted by Gasteiger charge is 2.34. The molecule has 0 spiro atoms. The van der Waals surface area contributed by atoms with Crippen molar-refractivity contribution in [1.82, 2.24) is 5.32 Å². The Hall–Kier alpha value is -1.55. The van der Waals surface area contributed by atoms with Crippen LogP contribution in [0.4, 0.5) is 0 Å². The summed E-state index contributed by atoms with van der Waals surface area (Å²) in [4.78, 5) is 12.5. The van der Waals surface area contributed by atoms with Crippen molar-refractivity contribution in [1.29, 1.82) is 0 Å². The molecular formula is C19H27NO3. The monoisotopic (exact) mass is 317 g/mol. The molecule has 2 fully saturated rings. The molecule has 1 N–H and O–H groups in total. The number of nitrogens with one attached hydrogen (secondary N) is 1. The zero-order chi connectivity index (χ0) is 16.1. The lowest BCUT2D eigenvalue weighted by Gasteiger charge is -2.39. The van der Waals surface area contributed by atoms with Crippen molar-refractivity contribution in [2.45, 2.75) is 57.5 Å². The van der Waals surface area contributed by atoms with Crippen LogP contribution in [0.2, 0.25) is 0 Å². The molecule has 0 aromatic heterocycles. The standard InChI is InChI=1S/C19H27NO3/c1-2-22-18-8-3-4-9-19(18)23-11-10-17(21)14-12-15-6-5-7-16(13-14)20-15/h3-4,8-9,14-16,20H,2,5-7,10-13H2,1H3. The minimum atomic E-state index is 0.220. The van der Waals surface area contributed by atoms with Crippen LogP contribution >= 0.6 is 0 Å². The van der Waals surface area contributed by atoms with Crippen molar-refractivity contribution in [3.8, 4) is 11.5 Å². The summed E-state index contributed by atoms with van der Waals surface area (Å²) >= 11 is 0. The molecule has 3 rings (SSSR count). The van der Waals surface area contributed by atoms with Gasteiger partial charge in [-0.25, -0.2) is 0 Å². The van der Waals surface area contributed by atoms with Gasteiger partial charge in [-0.3, -0.25) is 4.79 Å². The van der Waals surface area contributed by atoms with Gasteiger partial charge in [0.15, 0.2) is 11.5 Å². The number of Topliss-reactive ketones (excluding diaryl/α,β-unsaturated/α-hetero) is 1. The number of ether oxygens (including phenoxy) is 2. The number of fused-ring (bicyclic) bond motifs is 2. The van der Waals surface area contributed by atoms with Crippen LogP contribution < -0.4 is 14.8 Å². The van der Waals surface area contributed by atoms with Gasteiger partial charge >= 0.3 is 0 Å². The number of ketones is 1. The molecule has 2 heterocycles. The Morgan fingerprint density at radius 2 is 1.78 bits per heavy atom. The van der Waals surface area contributed by atoms with E-state index in [2.05, 4.69) is 5.32 Å². The van der Waals surface area contributed by atoms with Crippen LogP contribution in [-0.4, -0.2) is 31.1 Å². The van der Waals surface area contributed by atoms with Gasteiger partial charge in [0, 0.05) is 24.4 Å². The van der Waals surface area contributed by atoms with Crippen LogP contribution in [0.15, 0.2) is 24.3 Å². The van der Waals surface area contributed by atoms with Gasteiger partial charge in [-0.15, -0.1) is 0 Å². The predicted octanol–water partition coefficient (Wildman–Crippen LogP) is 3.34. The fraction of sp³-hybridized carbons (Fsp3) is 0.632. The molecule has 0 amide bonds. The highest BCUT2D eigenvalue weighted by molar-refractivity contribution is 5.81. The van der Waals surface area contributed by atoms with E-state index in [9.17, 15) is 4.79 Å². The lowest BCUT2D eigenvalue weighted by atomic mass is 9.78. The number of benzene rings is 1. The highest BCUT2D eigenvalue weighted by atomic mass is 16.5. The first kappa shape index (κ1) is 16.3. The molecule has 4 nitrogen and oxygen atoms in total. The number of hydrogen-bond acceptors (Lipinski definition) is 4. The second-order valence-corrected chi connectivity index (χ2v) is 6.60. The number of para-hydroxylation sites is 2. The Bertz CT molecular complexity index is 519. The average Bonchev–Trinajstić information content (AvgIpc) is 2.56. The molecule has 1 aromatic rings. The van der Waals surface area contributed by atoms with E-state index in [1.165, 1.54) is 19.3 Å². The molecule has 0 radical (unpaired) electrons. The van der Waals surface area contributed by atoms with Gasteiger partial charge in [0.25, 0.3) is 0 Å². The van der Waals surface area contributed by atoms with Crippen LogP contribution in [0.5, 0.6) is 11.5 Å². The molecule has 2 aliphatic rings. The van der Waals surface area contributed by atoms with E-state index in [1.807, 2.05) is 31.2 Å². The maximum absolute atomic E-state index is 12.5. The molecule has 2 unspecified atom stereocenters. The third-order valence-corrected chi connectivity index (χ3v) is 4.93. The largest absolute Gasteiger partial charge is 0.490 e. The Morgan fingerprint density at radius 1 is 1.13 bits per heavy atom. The first-order chi connectivity index (χ1) is 11.3. The predicted molar refractivity (Wildman–Crippen MR) is 90.0 cm³/mol. The Morgan fingerprint density at radius 3 is 2.43 bits per heavy atom. The van der Waals surface area contributed by atoms with E-state index in [0.29, 0.717) is 37.5 Å². The summed E-state index contributed by atoms with van der Waals surface area (Å²) in [5.74, 6) is 2.05. The van der Waals surface area contributed by atoms with Crippen molar-refractivity contribution in [3.05, 3.63) is 24.3 Å². The van der Waals surface area contributed by atoms with Crippen molar-refractivity contribution >= 4 is 5.78 Å². The molecule has 2 saturated heterocycles. The fourth-order valence-corrected chi connectivity index (χ4v) is 3.84. The topological polar surface area (TPSA) is 47.6 Å². The summed E-state index contributed by atoms with van der Waals surface area (Å²) in [6.45, 7) is 2.99. The van der Waals surface area contributed by atoms with Gasteiger partial charge in [0.2, 0.25) is 0 Å². The molecule has 2 bridgehead atoms. The number of rotatable bonds is 7. The third kappa shape index (κ3) is 4.25. The maximum atomic E-state index is 12.5.